The van der Waals surface area contributed by atoms with Gasteiger partial charge in [0.2, 0.25) is 0 Å². The van der Waals surface area contributed by atoms with Gasteiger partial charge in [-0.1, -0.05) is 30.3 Å². The van der Waals surface area contributed by atoms with E-state index in [9.17, 15) is 5.11 Å². The molecular formula is C15H19NO2. The van der Waals surface area contributed by atoms with E-state index in [-0.39, 0.29) is 0 Å². The molecule has 0 saturated heterocycles. The zero-order valence-corrected chi connectivity index (χ0v) is 10.8. The van der Waals surface area contributed by atoms with Crippen molar-refractivity contribution in [3.63, 3.8) is 0 Å². The van der Waals surface area contributed by atoms with Crippen molar-refractivity contribution in [2.24, 2.45) is 0 Å². The summed E-state index contributed by atoms with van der Waals surface area (Å²) in [4.78, 5) is 1.94. The second-order valence-electron chi connectivity index (χ2n) is 4.74. The van der Waals surface area contributed by atoms with E-state index < -0.39 is 6.10 Å². The standard InChI is InChI=1S/C15H19NO2/c1-16(2)10-14(17)11-18-15-8-7-12-5-3-4-6-13(12)9-15/h3-9,14,17H,10-11H2,1-2H3/t14-/m1/s1. The maximum atomic E-state index is 9.73. The van der Waals surface area contributed by atoms with E-state index in [1.165, 1.54) is 5.39 Å². The Morgan fingerprint density at radius 3 is 2.56 bits per heavy atom. The van der Waals surface area contributed by atoms with Crippen LogP contribution in [0, 0.1) is 0 Å². The third-order valence-electron chi connectivity index (χ3n) is 2.74. The van der Waals surface area contributed by atoms with Gasteiger partial charge in [-0.25, -0.2) is 0 Å². The van der Waals surface area contributed by atoms with Gasteiger partial charge in [-0.05, 0) is 37.0 Å². The average Bonchev–Trinajstić information content (AvgIpc) is 2.35. The minimum absolute atomic E-state index is 0.316. The van der Waals surface area contributed by atoms with Crippen molar-refractivity contribution in [1.82, 2.24) is 4.90 Å². The largest absolute Gasteiger partial charge is 0.491 e. The fourth-order valence-corrected chi connectivity index (χ4v) is 1.92. The Kier molecular flexibility index (Phi) is 4.18. The number of aliphatic hydroxyl groups excluding tert-OH is 1. The highest BCUT2D eigenvalue weighted by Gasteiger charge is 2.06. The first-order chi connectivity index (χ1) is 8.65. The molecule has 0 aliphatic rings. The Bertz CT molecular complexity index is 511. The van der Waals surface area contributed by atoms with Crippen LogP contribution in [-0.2, 0) is 0 Å². The van der Waals surface area contributed by atoms with Crippen LogP contribution < -0.4 is 4.74 Å². The smallest absolute Gasteiger partial charge is 0.120 e. The Hall–Kier alpha value is -1.58. The summed E-state index contributed by atoms with van der Waals surface area (Å²) < 4.78 is 5.60. The molecule has 3 heteroatoms. The molecular weight excluding hydrogens is 226 g/mol. The molecule has 18 heavy (non-hydrogen) atoms. The van der Waals surface area contributed by atoms with E-state index >= 15 is 0 Å². The lowest BCUT2D eigenvalue weighted by molar-refractivity contribution is 0.0832. The normalized spacial score (nSPS) is 12.9. The molecule has 0 fully saturated rings. The minimum atomic E-state index is -0.466. The van der Waals surface area contributed by atoms with E-state index in [2.05, 4.69) is 12.1 Å². The van der Waals surface area contributed by atoms with Crippen LogP contribution in [0.25, 0.3) is 10.8 Å². The molecule has 0 aromatic heterocycles. The predicted molar refractivity (Wildman–Crippen MR) is 74.0 cm³/mol. The van der Waals surface area contributed by atoms with Crippen molar-refractivity contribution in [1.29, 1.82) is 0 Å². The number of hydrogen-bond donors (Lipinski definition) is 1. The molecule has 3 nitrogen and oxygen atoms in total. The molecule has 0 spiro atoms. The van der Waals surface area contributed by atoms with Crippen molar-refractivity contribution in [3.8, 4) is 5.75 Å². The molecule has 0 bridgehead atoms. The Morgan fingerprint density at radius 1 is 1.11 bits per heavy atom. The molecule has 0 aliphatic carbocycles. The van der Waals surface area contributed by atoms with Gasteiger partial charge in [0.25, 0.3) is 0 Å². The van der Waals surface area contributed by atoms with E-state index in [0.29, 0.717) is 13.2 Å². The van der Waals surface area contributed by atoms with Gasteiger partial charge >= 0.3 is 0 Å². The SMILES string of the molecule is CN(C)C[C@@H](O)COc1ccc2ccccc2c1. The van der Waals surface area contributed by atoms with Crippen LogP contribution in [0.15, 0.2) is 42.5 Å². The lowest BCUT2D eigenvalue weighted by atomic mass is 10.1. The quantitative estimate of drug-likeness (QED) is 0.876. The van der Waals surface area contributed by atoms with Crippen molar-refractivity contribution in [3.05, 3.63) is 42.5 Å². The van der Waals surface area contributed by atoms with Crippen LogP contribution in [0.3, 0.4) is 0 Å². The fraction of sp³-hybridized carbons (Fsp3) is 0.333. The number of aliphatic hydroxyl groups is 1. The third kappa shape index (κ3) is 3.45. The summed E-state index contributed by atoms with van der Waals surface area (Å²) in [7, 11) is 3.86. The summed E-state index contributed by atoms with van der Waals surface area (Å²) >= 11 is 0. The molecule has 0 heterocycles. The summed E-state index contributed by atoms with van der Waals surface area (Å²) in [6.45, 7) is 0.921. The first-order valence-electron chi connectivity index (χ1n) is 6.09. The summed E-state index contributed by atoms with van der Waals surface area (Å²) in [5, 5.41) is 12.1. The Labute approximate surface area is 108 Å². The van der Waals surface area contributed by atoms with Gasteiger partial charge in [0.15, 0.2) is 0 Å². The second-order valence-corrected chi connectivity index (χ2v) is 4.74. The molecule has 2 rings (SSSR count). The molecule has 1 N–H and O–H groups in total. The first kappa shape index (κ1) is 12.9. The minimum Gasteiger partial charge on any atom is -0.491 e. The zero-order valence-electron chi connectivity index (χ0n) is 10.8. The summed E-state index contributed by atoms with van der Waals surface area (Å²) in [6.07, 6.45) is -0.466. The number of likely N-dealkylation sites (N-methyl/N-ethyl adjacent to an activating group) is 1. The molecule has 0 unspecified atom stereocenters. The number of ether oxygens (including phenoxy) is 1. The topological polar surface area (TPSA) is 32.7 Å². The zero-order chi connectivity index (χ0) is 13.0. The van der Waals surface area contributed by atoms with Crippen LogP contribution in [0.5, 0.6) is 5.75 Å². The summed E-state index contributed by atoms with van der Waals surface area (Å²) in [5.74, 6) is 0.798. The van der Waals surface area contributed by atoms with E-state index in [1.54, 1.807) is 0 Å². The molecule has 0 radical (unpaired) electrons. The van der Waals surface area contributed by atoms with Crippen LogP contribution in [0.1, 0.15) is 0 Å². The van der Waals surface area contributed by atoms with E-state index in [0.717, 1.165) is 11.1 Å². The van der Waals surface area contributed by atoms with Crippen LogP contribution in [0.4, 0.5) is 0 Å². The summed E-state index contributed by atoms with van der Waals surface area (Å²) in [5.41, 5.74) is 0. The molecule has 96 valence electrons. The molecule has 2 aromatic rings. The van der Waals surface area contributed by atoms with E-state index in [4.69, 9.17) is 4.74 Å². The highest BCUT2D eigenvalue weighted by molar-refractivity contribution is 5.83. The number of hydrogen-bond acceptors (Lipinski definition) is 3. The Morgan fingerprint density at radius 2 is 1.83 bits per heavy atom. The van der Waals surface area contributed by atoms with E-state index in [1.807, 2.05) is 49.3 Å². The predicted octanol–water partition coefficient (Wildman–Crippen LogP) is 2.14. The first-order valence-corrected chi connectivity index (χ1v) is 6.09. The fourth-order valence-electron chi connectivity index (χ4n) is 1.92. The lowest BCUT2D eigenvalue weighted by Gasteiger charge is -2.16. The third-order valence-corrected chi connectivity index (χ3v) is 2.74. The monoisotopic (exact) mass is 245 g/mol. The lowest BCUT2D eigenvalue weighted by Crippen LogP contribution is -2.30. The van der Waals surface area contributed by atoms with Crippen molar-refractivity contribution in [2.75, 3.05) is 27.2 Å². The molecule has 0 aliphatic heterocycles. The number of fused-ring (bicyclic) bond motifs is 1. The average molecular weight is 245 g/mol. The molecule has 1 atom stereocenters. The molecule has 0 amide bonds. The summed E-state index contributed by atoms with van der Waals surface area (Å²) in [6, 6.07) is 14.1. The van der Waals surface area contributed by atoms with Crippen molar-refractivity contribution >= 4 is 10.8 Å². The van der Waals surface area contributed by atoms with Crippen LogP contribution in [0.2, 0.25) is 0 Å². The van der Waals surface area contributed by atoms with Gasteiger partial charge in [-0.3, -0.25) is 0 Å². The van der Waals surface area contributed by atoms with Gasteiger partial charge in [-0.2, -0.15) is 0 Å². The molecule has 0 saturated carbocycles. The van der Waals surface area contributed by atoms with Crippen molar-refractivity contribution < 1.29 is 9.84 Å². The van der Waals surface area contributed by atoms with Gasteiger partial charge in [0.05, 0.1) is 0 Å². The van der Waals surface area contributed by atoms with Crippen LogP contribution >= 0.6 is 0 Å². The van der Waals surface area contributed by atoms with Gasteiger partial charge in [0, 0.05) is 6.54 Å². The highest BCUT2D eigenvalue weighted by Crippen LogP contribution is 2.20. The molecule has 2 aromatic carbocycles. The maximum Gasteiger partial charge on any atom is 0.120 e. The highest BCUT2D eigenvalue weighted by atomic mass is 16.5. The van der Waals surface area contributed by atoms with Gasteiger partial charge < -0.3 is 14.7 Å². The van der Waals surface area contributed by atoms with Gasteiger partial charge in [-0.15, -0.1) is 0 Å². The number of benzene rings is 2. The maximum absolute atomic E-state index is 9.73. The Balaban J connectivity index is 1.99. The number of nitrogens with zero attached hydrogens (tertiary/aromatic N) is 1. The second kappa shape index (κ2) is 5.85. The van der Waals surface area contributed by atoms with Crippen LogP contribution in [-0.4, -0.2) is 43.4 Å². The van der Waals surface area contributed by atoms with Crippen molar-refractivity contribution in [2.45, 2.75) is 6.10 Å². The number of rotatable bonds is 5. The van der Waals surface area contributed by atoms with Gasteiger partial charge in [0.1, 0.15) is 18.5 Å².